The zero-order valence-electron chi connectivity index (χ0n) is 22.2. The topological polar surface area (TPSA) is 98.6 Å². The van der Waals surface area contributed by atoms with Crippen LogP contribution in [0.5, 0.6) is 5.75 Å². The lowest BCUT2D eigenvalue weighted by Gasteiger charge is -2.32. The van der Waals surface area contributed by atoms with Gasteiger partial charge < -0.3 is 19.7 Å². The molecule has 1 aromatic heterocycles. The number of carbonyl (C=O) groups excluding carboxylic acids is 2. The maximum atomic E-state index is 14.0. The summed E-state index contributed by atoms with van der Waals surface area (Å²) < 4.78 is 12.6. The van der Waals surface area contributed by atoms with E-state index in [2.05, 4.69) is 15.6 Å². The van der Waals surface area contributed by atoms with Gasteiger partial charge in [0.05, 0.1) is 18.7 Å². The molecule has 0 aliphatic carbocycles. The second-order valence-corrected chi connectivity index (χ2v) is 9.80. The van der Waals surface area contributed by atoms with Crippen LogP contribution in [0, 0.1) is 6.92 Å². The van der Waals surface area contributed by atoms with E-state index in [1.165, 1.54) is 0 Å². The molecule has 0 spiro atoms. The predicted molar refractivity (Wildman–Crippen MR) is 147 cm³/mol. The number of nitrogens with one attached hydrogen (secondary N) is 1. The van der Waals surface area contributed by atoms with Crippen LogP contribution in [-0.4, -0.2) is 58.1 Å². The van der Waals surface area contributed by atoms with Gasteiger partial charge in [-0.25, -0.2) is 4.68 Å². The molecule has 1 saturated heterocycles. The summed E-state index contributed by atoms with van der Waals surface area (Å²) in [5.41, 5.74) is 4.13. The molecule has 3 aromatic carbocycles. The molecule has 0 bridgehead atoms. The van der Waals surface area contributed by atoms with Crippen molar-refractivity contribution in [2.24, 2.45) is 0 Å². The number of rotatable bonds is 10. The van der Waals surface area contributed by atoms with Crippen molar-refractivity contribution in [2.75, 3.05) is 20.3 Å². The highest BCUT2D eigenvalue weighted by Gasteiger charge is 2.32. The molecule has 9 heteroatoms. The standard InChI is InChI=1S/C30H33N5O4/c1-21-9-13-23(14-10-21)29(30(37)31-18-25-6-5-17-39-25)34(19-22-11-15-24(38-2)16-12-22)28(36)20-35-27-8-4-3-7-26(27)32-33-35/h3-4,7-16,25,29H,5-6,17-20H2,1-2H3,(H,31,37)/t25-,29+/m0/s1. The van der Waals surface area contributed by atoms with Gasteiger partial charge >= 0.3 is 0 Å². The summed E-state index contributed by atoms with van der Waals surface area (Å²) in [4.78, 5) is 29.5. The van der Waals surface area contributed by atoms with Crippen LogP contribution in [0.1, 0.15) is 35.6 Å². The third-order valence-corrected chi connectivity index (χ3v) is 7.02. The normalized spacial score (nSPS) is 15.7. The van der Waals surface area contributed by atoms with Gasteiger partial charge in [0.2, 0.25) is 11.8 Å². The third-order valence-electron chi connectivity index (χ3n) is 7.02. The average Bonchev–Trinajstić information content (AvgIpc) is 3.63. The summed E-state index contributed by atoms with van der Waals surface area (Å²) in [5, 5.41) is 11.5. The summed E-state index contributed by atoms with van der Waals surface area (Å²) in [5.74, 6) is 0.217. The molecule has 0 unspecified atom stereocenters. The van der Waals surface area contributed by atoms with Crippen molar-refractivity contribution < 1.29 is 19.1 Å². The number of carbonyl (C=O) groups is 2. The van der Waals surface area contributed by atoms with Crippen LogP contribution >= 0.6 is 0 Å². The Hall–Kier alpha value is -4.24. The Morgan fingerprint density at radius 3 is 2.59 bits per heavy atom. The third kappa shape index (κ3) is 6.26. The van der Waals surface area contributed by atoms with Crippen molar-refractivity contribution in [2.45, 2.75) is 45.0 Å². The first kappa shape index (κ1) is 26.4. The Kier molecular flexibility index (Phi) is 8.17. The molecule has 0 saturated carbocycles. The first-order valence-corrected chi connectivity index (χ1v) is 13.2. The number of hydrogen-bond donors (Lipinski definition) is 1. The van der Waals surface area contributed by atoms with E-state index in [0.29, 0.717) is 18.7 Å². The second kappa shape index (κ2) is 12.1. The Morgan fingerprint density at radius 2 is 1.87 bits per heavy atom. The number of fused-ring (bicyclic) bond motifs is 1. The molecular weight excluding hydrogens is 494 g/mol. The molecular formula is C30H33N5O4. The predicted octanol–water partition coefficient (Wildman–Crippen LogP) is 3.81. The number of hydrogen-bond acceptors (Lipinski definition) is 6. The number of aryl methyl sites for hydroxylation is 1. The summed E-state index contributed by atoms with van der Waals surface area (Å²) in [6, 6.07) is 21.9. The minimum absolute atomic E-state index is 0.0140. The number of ether oxygens (including phenoxy) is 2. The van der Waals surface area contributed by atoms with Crippen molar-refractivity contribution in [3.05, 3.63) is 89.5 Å². The van der Waals surface area contributed by atoms with Crippen molar-refractivity contribution in [3.8, 4) is 5.75 Å². The molecule has 2 amide bonds. The zero-order chi connectivity index (χ0) is 27.2. The van der Waals surface area contributed by atoms with Crippen LogP contribution in [0.3, 0.4) is 0 Å². The number of para-hydroxylation sites is 1. The van der Waals surface area contributed by atoms with Crippen molar-refractivity contribution in [1.82, 2.24) is 25.2 Å². The maximum absolute atomic E-state index is 14.0. The van der Waals surface area contributed by atoms with Gasteiger partial charge in [-0.3, -0.25) is 9.59 Å². The van der Waals surface area contributed by atoms with Gasteiger partial charge in [-0.1, -0.05) is 59.3 Å². The van der Waals surface area contributed by atoms with E-state index >= 15 is 0 Å². The molecule has 4 aromatic rings. The first-order chi connectivity index (χ1) is 19.0. The molecule has 0 radical (unpaired) electrons. The van der Waals surface area contributed by atoms with E-state index in [4.69, 9.17) is 9.47 Å². The summed E-state index contributed by atoms with van der Waals surface area (Å²) in [6.45, 7) is 3.27. The van der Waals surface area contributed by atoms with Crippen LogP contribution in [0.2, 0.25) is 0 Å². The van der Waals surface area contributed by atoms with Crippen molar-refractivity contribution >= 4 is 22.8 Å². The maximum Gasteiger partial charge on any atom is 0.247 e. The molecule has 5 rings (SSSR count). The summed E-state index contributed by atoms with van der Waals surface area (Å²) in [7, 11) is 1.61. The quantitative estimate of drug-likeness (QED) is 0.337. The van der Waals surface area contributed by atoms with Crippen LogP contribution in [0.25, 0.3) is 11.0 Å². The molecule has 1 N–H and O–H groups in total. The fourth-order valence-corrected chi connectivity index (χ4v) is 4.84. The second-order valence-electron chi connectivity index (χ2n) is 9.80. The van der Waals surface area contributed by atoms with Gasteiger partial charge in [-0.2, -0.15) is 0 Å². The van der Waals surface area contributed by atoms with Crippen LogP contribution in [0.15, 0.2) is 72.8 Å². The van der Waals surface area contributed by atoms with Gasteiger partial charge in [-0.05, 0) is 55.2 Å². The number of amides is 2. The van der Waals surface area contributed by atoms with E-state index in [-0.39, 0.29) is 31.0 Å². The highest BCUT2D eigenvalue weighted by Crippen LogP contribution is 2.26. The van der Waals surface area contributed by atoms with Gasteiger partial charge in [-0.15, -0.1) is 5.10 Å². The minimum Gasteiger partial charge on any atom is -0.497 e. The van der Waals surface area contributed by atoms with Crippen molar-refractivity contribution in [3.63, 3.8) is 0 Å². The smallest absolute Gasteiger partial charge is 0.247 e. The molecule has 1 aliphatic rings. The van der Waals surface area contributed by atoms with Gasteiger partial charge in [0.25, 0.3) is 0 Å². The molecule has 9 nitrogen and oxygen atoms in total. The Bertz CT molecular complexity index is 1410. The number of benzene rings is 3. The van der Waals surface area contributed by atoms with Crippen molar-refractivity contribution in [1.29, 1.82) is 0 Å². The van der Waals surface area contributed by atoms with Crippen LogP contribution in [-0.2, 0) is 27.4 Å². The fraction of sp³-hybridized carbons (Fsp3) is 0.333. The van der Waals surface area contributed by atoms with E-state index < -0.39 is 6.04 Å². The van der Waals surface area contributed by atoms with E-state index in [1.54, 1.807) is 16.7 Å². The SMILES string of the molecule is COc1ccc(CN(C(=O)Cn2nnc3ccccc32)[C@@H](C(=O)NC[C@@H]2CCCO2)c2ccc(C)cc2)cc1. The monoisotopic (exact) mass is 527 g/mol. The lowest BCUT2D eigenvalue weighted by molar-refractivity contribution is -0.142. The zero-order valence-corrected chi connectivity index (χ0v) is 22.2. The van der Waals surface area contributed by atoms with Gasteiger partial charge in [0, 0.05) is 19.7 Å². The summed E-state index contributed by atoms with van der Waals surface area (Å²) in [6.07, 6.45) is 1.87. The number of nitrogens with zero attached hydrogens (tertiary/aromatic N) is 4. The van der Waals surface area contributed by atoms with E-state index in [0.717, 1.165) is 40.8 Å². The highest BCUT2D eigenvalue weighted by atomic mass is 16.5. The van der Waals surface area contributed by atoms with E-state index in [1.807, 2.05) is 79.7 Å². The van der Waals surface area contributed by atoms with E-state index in [9.17, 15) is 9.59 Å². The number of methoxy groups -OCH3 is 1. The average molecular weight is 528 g/mol. The molecule has 2 atom stereocenters. The Morgan fingerprint density at radius 1 is 1.10 bits per heavy atom. The number of aromatic nitrogens is 3. The van der Waals surface area contributed by atoms with Gasteiger partial charge in [0.1, 0.15) is 23.9 Å². The molecule has 202 valence electrons. The fourth-order valence-electron chi connectivity index (χ4n) is 4.84. The summed E-state index contributed by atoms with van der Waals surface area (Å²) >= 11 is 0. The lowest BCUT2D eigenvalue weighted by atomic mass is 10.0. The Balaban J connectivity index is 1.49. The molecule has 1 fully saturated rings. The van der Waals surface area contributed by atoms with Crippen LogP contribution < -0.4 is 10.1 Å². The molecule has 39 heavy (non-hydrogen) atoms. The largest absolute Gasteiger partial charge is 0.497 e. The minimum atomic E-state index is -0.851. The van der Waals surface area contributed by atoms with Crippen LogP contribution in [0.4, 0.5) is 0 Å². The van der Waals surface area contributed by atoms with Gasteiger partial charge in [0.15, 0.2) is 0 Å². The molecule has 2 heterocycles. The Labute approximate surface area is 227 Å². The molecule has 1 aliphatic heterocycles. The first-order valence-electron chi connectivity index (χ1n) is 13.2. The lowest BCUT2D eigenvalue weighted by Crippen LogP contribution is -2.46. The highest BCUT2D eigenvalue weighted by molar-refractivity contribution is 5.89.